The molecule has 41 heavy (non-hydrogen) atoms. The number of hydrogen-bond acceptors (Lipinski definition) is 8. The smallest absolute Gasteiger partial charge is 0.123 e. The molecule has 0 amide bonds. The largest absolute Gasteiger partial charge is 0.400 e. The van der Waals surface area contributed by atoms with Crippen LogP contribution in [-0.2, 0) is 19.2 Å². The van der Waals surface area contributed by atoms with Crippen molar-refractivity contribution in [3.05, 3.63) is 0 Å². The van der Waals surface area contributed by atoms with Crippen LogP contribution in [0.15, 0.2) is 0 Å². The van der Waals surface area contributed by atoms with Crippen molar-refractivity contribution in [2.75, 3.05) is 62.2 Å². The van der Waals surface area contributed by atoms with Crippen LogP contribution in [0.5, 0.6) is 0 Å². The summed E-state index contributed by atoms with van der Waals surface area (Å²) in [4.78, 5) is 23.9. The Morgan fingerprint density at radius 3 is 2.22 bits per heavy atom. The summed E-state index contributed by atoms with van der Waals surface area (Å²) in [6, 6.07) is 0.522. The van der Waals surface area contributed by atoms with Crippen LogP contribution in [0.2, 0.25) is 0 Å². The maximum atomic E-state index is 11.5. The fraction of sp³-hybridized carbons (Fsp3) is 0.970. The molecule has 4 fully saturated rings. The third kappa shape index (κ3) is 12.9. The van der Waals surface area contributed by atoms with E-state index in [0.29, 0.717) is 35.3 Å². The minimum absolute atomic E-state index is 0.214. The van der Waals surface area contributed by atoms with Crippen LogP contribution in [0.25, 0.3) is 0 Å². The summed E-state index contributed by atoms with van der Waals surface area (Å²) in [6.07, 6.45) is 14.0. The quantitative estimate of drug-likeness (QED) is 0.302. The van der Waals surface area contributed by atoms with Gasteiger partial charge in [-0.05, 0) is 94.5 Å². The van der Waals surface area contributed by atoms with Gasteiger partial charge in [-0.25, -0.2) is 5.48 Å². The Bertz CT molecular complexity index is 671. The fourth-order valence-corrected chi connectivity index (χ4v) is 7.65. The summed E-state index contributed by atoms with van der Waals surface area (Å²) in [5, 5.41) is 9.15. The Kier molecular flexibility index (Phi) is 19.1. The maximum Gasteiger partial charge on any atom is 0.123 e. The van der Waals surface area contributed by atoms with E-state index < -0.39 is 0 Å². The van der Waals surface area contributed by atoms with Gasteiger partial charge >= 0.3 is 0 Å². The number of hydrogen-bond donors (Lipinski definition) is 2. The maximum absolute atomic E-state index is 11.5. The molecule has 0 radical (unpaired) electrons. The van der Waals surface area contributed by atoms with Gasteiger partial charge in [0.05, 0.1) is 19.8 Å². The van der Waals surface area contributed by atoms with Crippen molar-refractivity contribution in [2.45, 2.75) is 104 Å². The van der Waals surface area contributed by atoms with Crippen LogP contribution in [0, 0.1) is 40.9 Å². The fourth-order valence-electron chi connectivity index (χ4n) is 7.65. The van der Waals surface area contributed by atoms with E-state index in [-0.39, 0.29) is 5.92 Å². The lowest BCUT2D eigenvalue weighted by atomic mass is 9.65. The second-order valence-electron chi connectivity index (χ2n) is 13.8. The first-order chi connectivity index (χ1) is 19.6. The van der Waals surface area contributed by atoms with Gasteiger partial charge < -0.3 is 24.4 Å². The Labute approximate surface area is 253 Å². The van der Waals surface area contributed by atoms with Gasteiger partial charge in [-0.15, -0.1) is 0 Å². The molecular formula is C33H67N3O5. The van der Waals surface area contributed by atoms with E-state index in [0.717, 1.165) is 57.9 Å². The van der Waals surface area contributed by atoms with Crippen LogP contribution >= 0.6 is 0 Å². The predicted octanol–water partition coefficient (Wildman–Crippen LogP) is 5.44. The normalized spacial score (nSPS) is 35.2. The van der Waals surface area contributed by atoms with Gasteiger partial charge in [-0.1, -0.05) is 40.5 Å². The number of carbonyl (C=O) groups is 1. The summed E-state index contributed by atoms with van der Waals surface area (Å²) in [5.74, 6) is 3.84. The number of nitrogens with zero attached hydrogens (tertiary/aromatic N) is 2. The molecule has 0 bridgehead atoms. The van der Waals surface area contributed by atoms with Crippen molar-refractivity contribution in [2.24, 2.45) is 40.9 Å². The summed E-state index contributed by atoms with van der Waals surface area (Å²) >= 11 is 0. The van der Waals surface area contributed by atoms with Gasteiger partial charge in [0.1, 0.15) is 6.29 Å². The first-order valence-electron chi connectivity index (χ1n) is 16.2. The Hall–Kier alpha value is -0.610. The third-order valence-corrected chi connectivity index (χ3v) is 10.3. The average molecular weight is 586 g/mol. The highest BCUT2D eigenvalue weighted by molar-refractivity contribution is 5.53. The monoisotopic (exact) mass is 586 g/mol. The van der Waals surface area contributed by atoms with Crippen molar-refractivity contribution in [3.63, 3.8) is 0 Å². The first-order valence-corrected chi connectivity index (χ1v) is 16.2. The third-order valence-electron chi connectivity index (χ3n) is 10.3. The molecule has 1 saturated heterocycles. The van der Waals surface area contributed by atoms with E-state index in [1.807, 2.05) is 7.11 Å². The lowest BCUT2D eigenvalue weighted by molar-refractivity contribution is -0.144. The van der Waals surface area contributed by atoms with Crippen molar-refractivity contribution in [3.8, 4) is 0 Å². The van der Waals surface area contributed by atoms with Crippen molar-refractivity contribution >= 4 is 6.29 Å². The number of carbonyl (C=O) groups excluding carboxylic acids is 1. The van der Waals surface area contributed by atoms with Crippen LogP contribution in [0.4, 0.5) is 0 Å². The summed E-state index contributed by atoms with van der Waals surface area (Å²) < 4.78 is 6.06. The van der Waals surface area contributed by atoms with Crippen molar-refractivity contribution < 1.29 is 24.3 Å². The van der Waals surface area contributed by atoms with E-state index in [1.165, 1.54) is 51.2 Å². The second kappa shape index (κ2) is 20.4. The highest BCUT2D eigenvalue weighted by Gasteiger charge is 2.42. The Morgan fingerprint density at radius 1 is 1.05 bits per heavy atom. The molecule has 8 atom stereocenters. The molecular weight excluding hydrogens is 518 g/mol. The van der Waals surface area contributed by atoms with Crippen LogP contribution < -0.4 is 5.48 Å². The topological polar surface area (TPSA) is 83.5 Å². The standard InChI is InChI=1S/C20H36N2O3.C10H20.C2H7NO.CH4O/c1-21(2)18-11-15(14-23)10-17(12-18)19-7-4-6-16(20(19)24-3)13-22-8-5-9-25-22;1-8-5-6-9(2)10(3,4)7-8;1-3-4-2;1-2/h14-20H,4-13H2,1-3H3;8-9H,5-7H2,1-4H3;3H,1-2H3;2H,1H3. The predicted molar refractivity (Wildman–Crippen MR) is 168 cm³/mol. The number of nitrogens with one attached hydrogen (secondary N) is 1. The molecule has 0 aromatic carbocycles. The summed E-state index contributed by atoms with van der Waals surface area (Å²) in [7, 11) is 10.5. The van der Waals surface area contributed by atoms with Crippen molar-refractivity contribution in [1.29, 1.82) is 0 Å². The Morgan fingerprint density at radius 2 is 1.73 bits per heavy atom. The average Bonchev–Trinajstić information content (AvgIpc) is 3.49. The molecule has 8 heteroatoms. The molecule has 2 N–H and O–H groups in total. The van der Waals surface area contributed by atoms with E-state index in [9.17, 15) is 4.79 Å². The van der Waals surface area contributed by atoms with E-state index >= 15 is 0 Å². The van der Waals surface area contributed by atoms with E-state index in [4.69, 9.17) is 14.7 Å². The SMILES string of the molecule is CC1CCC(C)C(C)(C)C1.CNOC.CO.COC1C(CN2CCCO2)CCCC1C1CC(C=O)CC(N(C)C)C1. The molecule has 0 spiro atoms. The second-order valence-corrected chi connectivity index (χ2v) is 13.8. The molecule has 0 aromatic heterocycles. The van der Waals surface area contributed by atoms with Gasteiger partial charge in [0.25, 0.3) is 0 Å². The number of aldehydes is 1. The van der Waals surface area contributed by atoms with E-state index in [2.05, 4.69) is 62.1 Å². The van der Waals surface area contributed by atoms with Crippen molar-refractivity contribution in [1.82, 2.24) is 15.4 Å². The number of hydroxylamine groups is 3. The van der Waals surface area contributed by atoms with Gasteiger partial charge in [0.2, 0.25) is 0 Å². The molecule has 4 aliphatic rings. The van der Waals surface area contributed by atoms with Gasteiger partial charge in [-0.2, -0.15) is 5.06 Å². The van der Waals surface area contributed by atoms with Gasteiger partial charge in [0.15, 0.2) is 0 Å². The molecule has 244 valence electrons. The van der Waals surface area contributed by atoms with E-state index in [1.54, 1.807) is 14.2 Å². The number of ether oxygens (including phenoxy) is 1. The molecule has 8 unspecified atom stereocenters. The molecule has 4 rings (SSSR count). The number of aliphatic hydroxyl groups excluding tert-OH is 1. The highest BCUT2D eigenvalue weighted by Crippen LogP contribution is 2.44. The van der Waals surface area contributed by atoms with Gasteiger partial charge in [-0.3, -0.25) is 4.84 Å². The zero-order valence-electron chi connectivity index (χ0n) is 28.4. The highest BCUT2D eigenvalue weighted by atomic mass is 16.7. The number of rotatable bonds is 7. The molecule has 3 saturated carbocycles. The summed E-state index contributed by atoms with van der Waals surface area (Å²) in [6.45, 7) is 12.5. The minimum Gasteiger partial charge on any atom is -0.400 e. The Balaban J connectivity index is 0.000000434. The lowest BCUT2D eigenvalue weighted by Crippen LogP contribution is -2.47. The summed E-state index contributed by atoms with van der Waals surface area (Å²) in [5.41, 5.74) is 3.04. The van der Waals surface area contributed by atoms with Crippen LogP contribution in [-0.4, -0.2) is 95.7 Å². The lowest BCUT2D eigenvalue weighted by Gasteiger charge is -2.46. The molecule has 8 nitrogen and oxygen atoms in total. The van der Waals surface area contributed by atoms with Crippen LogP contribution in [0.3, 0.4) is 0 Å². The molecule has 1 aliphatic heterocycles. The number of aliphatic hydroxyl groups is 1. The minimum atomic E-state index is 0.214. The number of methoxy groups -OCH3 is 1. The molecule has 0 aromatic rings. The zero-order valence-corrected chi connectivity index (χ0v) is 28.4. The van der Waals surface area contributed by atoms with Gasteiger partial charge in [0, 0.05) is 52.2 Å². The molecule has 1 heterocycles. The van der Waals surface area contributed by atoms with Crippen LogP contribution in [0.1, 0.15) is 91.9 Å². The molecule has 3 aliphatic carbocycles. The first kappa shape index (κ1) is 38.4. The zero-order chi connectivity index (χ0) is 31.0.